The molecule has 0 saturated carbocycles. The van der Waals surface area contributed by atoms with Crippen LogP contribution in [0.5, 0.6) is 0 Å². The first kappa shape index (κ1) is 15.8. The van der Waals surface area contributed by atoms with Crippen molar-refractivity contribution in [3.05, 3.63) is 23.7 Å². The van der Waals surface area contributed by atoms with Gasteiger partial charge in [-0.05, 0) is 24.0 Å². The molecular weight excluding hydrogens is 268 g/mol. The maximum absolute atomic E-state index is 11.7. The lowest BCUT2D eigenvalue weighted by Crippen LogP contribution is -2.20. The van der Waals surface area contributed by atoms with E-state index in [4.69, 9.17) is 9.15 Å². The predicted octanol–water partition coefficient (Wildman–Crippen LogP) is 2.42. The summed E-state index contributed by atoms with van der Waals surface area (Å²) in [5.41, 5.74) is -0.0855. The zero-order valence-electron chi connectivity index (χ0n) is 11.7. The van der Waals surface area contributed by atoms with Crippen LogP contribution in [0.2, 0.25) is 0 Å². The standard InChI is InChI=1S/C13H20O5S/c1-5-13(2,3)9-17-12(14)11-7-6-10(18-11)8-19(4,15)16/h6-7H,5,8-9H2,1-4H3. The van der Waals surface area contributed by atoms with Crippen LogP contribution in [0.15, 0.2) is 16.5 Å². The van der Waals surface area contributed by atoms with Crippen molar-refractivity contribution in [2.45, 2.75) is 32.9 Å². The summed E-state index contributed by atoms with van der Waals surface area (Å²) >= 11 is 0. The fourth-order valence-corrected chi connectivity index (χ4v) is 1.93. The van der Waals surface area contributed by atoms with E-state index in [2.05, 4.69) is 0 Å². The highest BCUT2D eigenvalue weighted by Gasteiger charge is 2.20. The smallest absolute Gasteiger partial charge is 0.374 e. The monoisotopic (exact) mass is 288 g/mol. The van der Waals surface area contributed by atoms with E-state index in [9.17, 15) is 13.2 Å². The van der Waals surface area contributed by atoms with Crippen molar-refractivity contribution in [2.24, 2.45) is 5.41 Å². The fourth-order valence-electron chi connectivity index (χ4n) is 1.26. The number of esters is 1. The number of ether oxygens (including phenoxy) is 1. The van der Waals surface area contributed by atoms with Gasteiger partial charge in [0.15, 0.2) is 9.84 Å². The fraction of sp³-hybridized carbons (Fsp3) is 0.615. The topological polar surface area (TPSA) is 73.6 Å². The van der Waals surface area contributed by atoms with Gasteiger partial charge >= 0.3 is 5.97 Å². The highest BCUT2D eigenvalue weighted by molar-refractivity contribution is 7.89. The van der Waals surface area contributed by atoms with Gasteiger partial charge in [-0.15, -0.1) is 0 Å². The van der Waals surface area contributed by atoms with Gasteiger partial charge in [0.1, 0.15) is 11.5 Å². The van der Waals surface area contributed by atoms with E-state index in [1.807, 2.05) is 20.8 Å². The second-order valence-electron chi connectivity index (χ2n) is 5.43. The molecule has 19 heavy (non-hydrogen) atoms. The van der Waals surface area contributed by atoms with E-state index < -0.39 is 15.8 Å². The molecule has 0 aromatic carbocycles. The van der Waals surface area contributed by atoms with Crippen LogP contribution in [0.3, 0.4) is 0 Å². The summed E-state index contributed by atoms with van der Waals surface area (Å²) in [6.07, 6.45) is 2.00. The van der Waals surface area contributed by atoms with Gasteiger partial charge < -0.3 is 9.15 Å². The third kappa shape index (κ3) is 5.46. The van der Waals surface area contributed by atoms with Crippen LogP contribution >= 0.6 is 0 Å². The van der Waals surface area contributed by atoms with Gasteiger partial charge in [-0.1, -0.05) is 20.8 Å². The minimum atomic E-state index is -3.17. The van der Waals surface area contributed by atoms with E-state index in [0.29, 0.717) is 6.61 Å². The number of hydrogen-bond donors (Lipinski definition) is 0. The van der Waals surface area contributed by atoms with E-state index >= 15 is 0 Å². The highest BCUT2D eigenvalue weighted by Crippen LogP contribution is 2.21. The predicted molar refractivity (Wildman–Crippen MR) is 71.6 cm³/mol. The molecule has 0 fully saturated rings. The molecule has 0 amide bonds. The molecule has 0 aliphatic rings. The lowest BCUT2D eigenvalue weighted by Gasteiger charge is -2.21. The summed E-state index contributed by atoms with van der Waals surface area (Å²) in [5, 5.41) is 0. The zero-order chi connectivity index (χ0) is 14.7. The van der Waals surface area contributed by atoms with Crippen LogP contribution < -0.4 is 0 Å². The Kier molecular flexibility index (Phi) is 4.79. The van der Waals surface area contributed by atoms with E-state index in [-0.39, 0.29) is 22.7 Å². The van der Waals surface area contributed by atoms with Crippen molar-refractivity contribution in [3.63, 3.8) is 0 Å². The second kappa shape index (κ2) is 5.77. The molecule has 0 aliphatic carbocycles. The maximum atomic E-state index is 11.7. The number of hydrogen-bond acceptors (Lipinski definition) is 5. The molecule has 1 rings (SSSR count). The summed E-state index contributed by atoms with van der Waals surface area (Å²) in [6, 6.07) is 2.91. The van der Waals surface area contributed by atoms with Crippen molar-refractivity contribution in [1.82, 2.24) is 0 Å². The first-order valence-corrected chi connectivity index (χ1v) is 8.12. The molecule has 0 atom stereocenters. The SMILES string of the molecule is CCC(C)(C)COC(=O)c1ccc(CS(C)(=O)=O)o1. The molecule has 0 bridgehead atoms. The van der Waals surface area contributed by atoms with Crippen molar-refractivity contribution < 1.29 is 22.4 Å². The van der Waals surface area contributed by atoms with Gasteiger partial charge in [-0.3, -0.25) is 0 Å². The van der Waals surface area contributed by atoms with Crippen molar-refractivity contribution in [1.29, 1.82) is 0 Å². The summed E-state index contributed by atoms with van der Waals surface area (Å²) in [4.78, 5) is 11.7. The van der Waals surface area contributed by atoms with Crippen LogP contribution in [-0.4, -0.2) is 27.2 Å². The summed E-state index contributed by atoms with van der Waals surface area (Å²) in [5.74, 6) is -0.517. The summed E-state index contributed by atoms with van der Waals surface area (Å²) < 4.78 is 32.5. The quantitative estimate of drug-likeness (QED) is 0.752. The molecule has 1 heterocycles. The maximum Gasteiger partial charge on any atom is 0.374 e. The van der Waals surface area contributed by atoms with Crippen LogP contribution in [-0.2, 0) is 20.3 Å². The molecule has 0 radical (unpaired) electrons. The van der Waals surface area contributed by atoms with Crippen LogP contribution in [0, 0.1) is 5.41 Å². The van der Waals surface area contributed by atoms with E-state index in [0.717, 1.165) is 12.7 Å². The minimum absolute atomic E-state index is 0.0329. The Hall–Kier alpha value is -1.30. The van der Waals surface area contributed by atoms with Gasteiger partial charge in [0.2, 0.25) is 5.76 Å². The van der Waals surface area contributed by atoms with Crippen molar-refractivity contribution in [3.8, 4) is 0 Å². The minimum Gasteiger partial charge on any atom is -0.459 e. The van der Waals surface area contributed by atoms with Crippen LogP contribution in [0.25, 0.3) is 0 Å². The van der Waals surface area contributed by atoms with Gasteiger partial charge in [0.05, 0.1) is 6.61 Å². The average molecular weight is 288 g/mol. The first-order chi connectivity index (χ1) is 8.63. The van der Waals surface area contributed by atoms with Crippen LogP contribution in [0.1, 0.15) is 43.5 Å². The normalized spacial score (nSPS) is 12.4. The van der Waals surface area contributed by atoms with Crippen molar-refractivity contribution >= 4 is 15.8 Å². The number of furan rings is 1. The summed E-state index contributed by atoms with van der Waals surface area (Å²) in [7, 11) is -3.17. The Balaban J connectivity index is 2.64. The molecule has 0 saturated heterocycles. The van der Waals surface area contributed by atoms with Gasteiger partial charge in [0.25, 0.3) is 0 Å². The summed E-state index contributed by atoms with van der Waals surface area (Å²) in [6.45, 7) is 6.31. The number of carbonyl (C=O) groups is 1. The number of rotatable bonds is 6. The second-order valence-corrected chi connectivity index (χ2v) is 7.57. The average Bonchev–Trinajstić information content (AvgIpc) is 2.72. The van der Waals surface area contributed by atoms with E-state index in [1.54, 1.807) is 0 Å². The Morgan fingerprint density at radius 2 is 2.00 bits per heavy atom. The van der Waals surface area contributed by atoms with Gasteiger partial charge in [-0.25, -0.2) is 13.2 Å². The van der Waals surface area contributed by atoms with Crippen molar-refractivity contribution in [2.75, 3.05) is 12.9 Å². The first-order valence-electron chi connectivity index (χ1n) is 6.06. The third-order valence-electron chi connectivity index (χ3n) is 2.82. The molecule has 1 aromatic heterocycles. The Bertz CT molecular complexity index is 539. The van der Waals surface area contributed by atoms with Gasteiger partial charge in [-0.2, -0.15) is 0 Å². The molecule has 0 unspecified atom stereocenters. The molecule has 0 aliphatic heterocycles. The number of carbonyl (C=O) groups excluding carboxylic acids is 1. The third-order valence-corrected chi connectivity index (χ3v) is 3.63. The largest absolute Gasteiger partial charge is 0.459 e. The highest BCUT2D eigenvalue weighted by atomic mass is 32.2. The molecule has 5 nitrogen and oxygen atoms in total. The molecule has 108 valence electrons. The Morgan fingerprint density at radius 3 is 2.53 bits per heavy atom. The van der Waals surface area contributed by atoms with Crippen LogP contribution in [0.4, 0.5) is 0 Å². The Morgan fingerprint density at radius 1 is 1.37 bits per heavy atom. The molecule has 0 spiro atoms. The lowest BCUT2D eigenvalue weighted by atomic mass is 9.92. The lowest BCUT2D eigenvalue weighted by molar-refractivity contribution is 0.0300. The molecular formula is C13H20O5S. The van der Waals surface area contributed by atoms with Gasteiger partial charge in [0, 0.05) is 6.26 Å². The number of sulfone groups is 1. The zero-order valence-corrected chi connectivity index (χ0v) is 12.5. The van der Waals surface area contributed by atoms with E-state index in [1.165, 1.54) is 12.1 Å². The Labute approximate surface area is 113 Å². The molecule has 6 heteroatoms. The molecule has 0 N–H and O–H groups in total. The molecule has 1 aromatic rings.